The van der Waals surface area contributed by atoms with Crippen LogP contribution in [-0.2, 0) is 61.0 Å². The number of carboxylic acid groups (broad SMARTS) is 1. The van der Waals surface area contributed by atoms with E-state index in [9.17, 15) is 122 Å². The van der Waals surface area contributed by atoms with Gasteiger partial charge in [0.1, 0.15) is 91.0 Å². The molecule has 2 aliphatic rings. The predicted octanol–water partition coefficient (Wildman–Crippen LogP) is 11.3. The monoisotopic (exact) mass is 2060 g/mol. The molecule has 47 heteroatoms. The third-order valence-electron chi connectivity index (χ3n) is 24.5. The van der Waals surface area contributed by atoms with Crippen molar-refractivity contribution >= 4 is 145 Å². The molecule has 6 heterocycles. The number of carbonyl (C=O) groups excluding carboxylic acids is 1. The molecule has 7 aromatic carbocycles. The number of para-hydroxylation sites is 3. The zero-order chi connectivity index (χ0) is 107. The number of phenols is 2. The van der Waals surface area contributed by atoms with Gasteiger partial charge in [-0.25, -0.2) is 84.7 Å². The number of imidazole rings is 1. The number of H-pyrrole nitrogens is 4. The predicted molar refractivity (Wildman–Crippen MR) is 568 cm³/mol. The maximum atomic E-state index is 14.8. The highest BCUT2D eigenvalue weighted by Gasteiger charge is 2.40. The summed E-state index contributed by atoms with van der Waals surface area (Å²) >= 11 is 0. The highest BCUT2D eigenvalue weighted by atomic mass is 16.4. The lowest BCUT2D eigenvalue weighted by Gasteiger charge is -2.27. The lowest BCUT2D eigenvalue weighted by Crippen LogP contribution is -2.47. The number of nitrogens with zero attached hydrogens (tertiary/aromatic N) is 17. The third-order valence-corrected chi connectivity index (χ3v) is 24.5. The van der Waals surface area contributed by atoms with Gasteiger partial charge in [-0.1, -0.05) is 140 Å². The Labute approximate surface area is 854 Å². The summed E-state index contributed by atoms with van der Waals surface area (Å²) in [5, 5.41) is 276. The molecule has 1 fully saturated rings. The number of aliphatic imine (C=N–C) groups is 15. The van der Waals surface area contributed by atoms with Gasteiger partial charge >= 0.3 is 5.97 Å². The molecule has 47 nitrogen and oxygen atoms in total. The van der Waals surface area contributed by atoms with Crippen molar-refractivity contribution in [3.63, 3.8) is 0 Å². The molecule has 0 spiro atoms. The Hall–Kier alpha value is -18.2. The molecule has 2 aliphatic heterocycles. The summed E-state index contributed by atoms with van der Waals surface area (Å²) in [5.74, 6) is -20.1. The number of aliphatic carboxylic acids is 1. The van der Waals surface area contributed by atoms with Gasteiger partial charge in [0.15, 0.2) is 35.8 Å². The summed E-state index contributed by atoms with van der Waals surface area (Å²) in [4.78, 5) is 110. The number of aromatic nitrogens is 5. The number of carboxylic acids is 1. The van der Waals surface area contributed by atoms with Crippen molar-refractivity contribution in [2.24, 2.45) is 74.9 Å². The topological polar surface area (TPSA) is 792 Å². The lowest BCUT2D eigenvalue weighted by atomic mass is 10.0. The number of aromatic amines is 4. The Morgan fingerprint density at radius 2 is 0.840 bits per heavy atom. The molecule has 28 N–H and O–H groups in total. The van der Waals surface area contributed by atoms with Crippen LogP contribution in [0.4, 0.5) is 0 Å². The second-order valence-electron chi connectivity index (χ2n) is 35.5. The molecule has 15 unspecified atom stereocenters. The van der Waals surface area contributed by atoms with Gasteiger partial charge < -0.3 is 137 Å². The highest BCUT2D eigenvalue weighted by molar-refractivity contribution is 6.00. The van der Waals surface area contributed by atoms with Gasteiger partial charge in [-0.15, -0.1) is 0 Å². The Bertz CT molecular complexity index is 7030. The molecule has 786 valence electrons. The number of amides is 1. The fourth-order valence-electron chi connectivity index (χ4n) is 16.8. The van der Waals surface area contributed by atoms with E-state index in [1.54, 1.807) is 152 Å². The molecule has 1 amide bonds. The number of aliphatic hydroxyl groups is 19. The van der Waals surface area contributed by atoms with Crippen LogP contribution in [0.3, 0.4) is 0 Å². The average molecular weight is 2060 g/mol. The van der Waals surface area contributed by atoms with Gasteiger partial charge in [-0.2, -0.15) is 0 Å². The van der Waals surface area contributed by atoms with E-state index in [-0.39, 0.29) is 75.8 Å². The molecule has 4 aromatic heterocycles. The molecule has 0 bridgehead atoms. The number of benzene rings is 7. The smallest absolute Gasteiger partial charge is 0.328 e. The first-order chi connectivity index (χ1) is 72.0. The second-order valence-corrected chi connectivity index (χ2v) is 35.5. The van der Waals surface area contributed by atoms with Crippen LogP contribution in [-0.4, -0.2) is 371 Å². The van der Waals surface area contributed by atoms with E-state index >= 15 is 0 Å². The number of carbonyl (C=O) groups is 2. The Morgan fingerprint density at radius 1 is 0.420 bits per heavy atom. The van der Waals surface area contributed by atoms with Crippen LogP contribution in [0.2, 0.25) is 0 Å². The van der Waals surface area contributed by atoms with E-state index < -0.39 is 248 Å². The standard InChI is InChI=1S/C103H115N23O24/c1-54(128)89-101(147)124-82(52-127)102(148)126-34-14-25-83(126)100(146)122-80(45-86(133)110-50-87(134)113-78(43-84(104)131)97(143)118-76(40-60-47-108-69-23-12-9-20-66(60)69)96(142)120-77(42-62-49-106-53-112-62)90(136)111-51-88(135)125-89)99(145)119-75(39-59-46-107-68-22-11-8-19-65(59)68)95(141)116-71(35-55-15-4-2-5-16-55)91(137)114-72(36-56-17-6-3-7-18-56)93(139)121-79(44-85(105)132)98(144)117-73(37-57-26-30-63(129)31-27-57)92(138)115-74(38-58-28-32-64(130)33-29-58)94(140)123-81(103(149)150)41-61-48-109-70-24-13-10-21-67(61)70/h2-13,15-24,26-33,46-49,53-54,71-83,89,107-109,127-130H,14,25,34-45,50-52H2,1H3,(H2,104,131)(H2,105,132)(H,106,112)(H,110,133)(H,111,136)(H,113,134)(H,114,137)(H,115,138)(H,116,141)(H,117,144)(H,118,143)(H,119,145)(H,120,142)(H,121,139)(H,122,146)(H,123,140)(H,124,147)(H,125,135)(H,149,150). The first kappa shape index (κ1) is 109. The normalized spacial score (nSPS) is 20.2. The molecular weight excluding hydrogens is 1940 g/mol. The van der Waals surface area contributed by atoms with E-state index in [1.165, 1.54) is 61.1 Å². The minimum Gasteiger partial charge on any atom is -0.508 e. The van der Waals surface area contributed by atoms with Crippen molar-refractivity contribution < 1.29 is 122 Å². The molecule has 0 radical (unpaired) electrons. The zero-order valence-electron chi connectivity index (χ0n) is 80.6. The maximum absolute atomic E-state index is 14.8. The van der Waals surface area contributed by atoms with Crippen molar-refractivity contribution in [2.45, 2.75) is 181 Å². The van der Waals surface area contributed by atoms with E-state index in [0.717, 1.165) is 11.8 Å². The van der Waals surface area contributed by atoms with Crippen LogP contribution in [0.5, 0.6) is 11.5 Å². The molecule has 15 atom stereocenters. The molecule has 150 heavy (non-hydrogen) atoms. The number of hydrogen-bond donors (Lipinski definition) is 28. The molecular formula is C103H115N23O24. The van der Waals surface area contributed by atoms with Gasteiger partial charge in [0.2, 0.25) is 82.6 Å². The van der Waals surface area contributed by atoms with Gasteiger partial charge in [-0.05, 0) is 101 Å². The van der Waals surface area contributed by atoms with Gasteiger partial charge in [0.25, 0.3) is 5.91 Å². The summed E-state index contributed by atoms with van der Waals surface area (Å²) in [5.41, 5.74) is 5.17. The number of rotatable bonds is 37. The van der Waals surface area contributed by atoms with E-state index in [2.05, 4.69) is 99.8 Å². The Balaban J connectivity index is 0.899. The summed E-state index contributed by atoms with van der Waals surface area (Å²) in [6.07, 6.45) is 0.133. The number of nitrogens with one attached hydrogen (secondary N) is 6. The van der Waals surface area contributed by atoms with Crippen LogP contribution >= 0.6 is 0 Å². The number of fused-ring (bicyclic) bond motifs is 4. The van der Waals surface area contributed by atoms with Crippen LogP contribution in [0.1, 0.15) is 83.7 Å². The second kappa shape index (κ2) is 51.5. The van der Waals surface area contributed by atoms with Crippen LogP contribution in [0.15, 0.2) is 288 Å². The van der Waals surface area contributed by atoms with Gasteiger partial charge in [-0.3, -0.25) is 15.6 Å². The summed E-state index contributed by atoms with van der Waals surface area (Å²) in [6.45, 7) is -2.18. The van der Waals surface area contributed by atoms with Crippen molar-refractivity contribution in [1.82, 2.24) is 29.8 Å². The van der Waals surface area contributed by atoms with Gasteiger partial charge in [0.05, 0.1) is 38.3 Å². The lowest BCUT2D eigenvalue weighted by molar-refractivity contribution is -0.138. The Morgan fingerprint density at radius 3 is 1.31 bits per heavy atom. The first-order valence-electron chi connectivity index (χ1n) is 47.5. The molecule has 0 aliphatic carbocycles. The van der Waals surface area contributed by atoms with Crippen molar-refractivity contribution in [3.05, 3.63) is 258 Å². The maximum Gasteiger partial charge on any atom is 0.328 e. The zero-order valence-corrected chi connectivity index (χ0v) is 80.6. The minimum absolute atomic E-state index is 0.101. The quantitative estimate of drug-likeness (QED) is 0.0127. The average Bonchev–Trinajstić information content (AvgIpc) is 1.69. The number of phenolic OH excluding ortho intramolecular Hbond substituents is 2. The number of aliphatic hydroxyl groups excluding tert-OH is 19. The Kier molecular flexibility index (Phi) is 37.5. The molecule has 1 saturated heterocycles. The van der Waals surface area contributed by atoms with Crippen LogP contribution in [0, 0.1) is 10.8 Å². The van der Waals surface area contributed by atoms with Crippen molar-refractivity contribution in [1.29, 1.82) is 10.8 Å². The van der Waals surface area contributed by atoms with E-state index in [4.69, 9.17) is 10.8 Å². The first-order valence-corrected chi connectivity index (χ1v) is 47.5. The van der Waals surface area contributed by atoms with E-state index in [1.807, 2.05) is 0 Å². The van der Waals surface area contributed by atoms with E-state index in [0.29, 0.717) is 77.3 Å². The summed E-state index contributed by atoms with van der Waals surface area (Å²) in [6, 6.07) is 23.5. The molecule has 13 rings (SSSR count). The third kappa shape index (κ3) is 30.3. The largest absolute Gasteiger partial charge is 0.508 e. The van der Waals surface area contributed by atoms with Gasteiger partial charge in [0, 0.05) is 121 Å². The SMILES string of the molecule is CC(O)C1N=C(O)CN=C(O)C(Cc2cnc[nH]2)N=C(O)C(Cc2c[nH]c3ccccc23)N=C(O)C(CC(=N)O)N=C(O)CN=C(O)CC(C(O)=NC(Cc2c[nH]c3ccccc23)C(O)=NC(Cc2ccccc2)C(O)=NC(Cc2ccccc2)C(O)=NC(CC(=N)O)C(O)=NC(Cc2ccc(O)cc2)C(O)=NC(Cc2ccc(O)cc2)C(O)=NC(Cc2c[nH]c3ccccc23)C(=O)O)N=C(O)C2CCCN2C(=O)C(CO)N=C1O. The fraction of sp³-hybridized carbons (Fsp3) is 0.320. The van der Waals surface area contributed by atoms with Crippen molar-refractivity contribution in [2.75, 3.05) is 26.2 Å². The summed E-state index contributed by atoms with van der Waals surface area (Å²) in [7, 11) is 0. The highest BCUT2D eigenvalue weighted by Crippen LogP contribution is 2.30. The number of aromatic hydroxyl groups is 2. The van der Waals surface area contributed by atoms with Crippen LogP contribution < -0.4 is 0 Å². The fourth-order valence-corrected chi connectivity index (χ4v) is 16.8. The molecule has 11 aromatic rings. The molecule has 0 saturated carbocycles. The van der Waals surface area contributed by atoms with Crippen molar-refractivity contribution in [3.8, 4) is 11.5 Å². The van der Waals surface area contributed by atoms with Crippen LogP contribution in [0.25, 0.3) is 32.7 Å². The minimum atomic E-state index is -2.09. The number of hydrogen-bond acceptors (Lipinski definition) is 24. The summed E-state index contributed by atoms with van der Waals surface area (Å²) < 4.78 is 0.